The molecule has 1 saturated heterocycles. The molecule has 0 aromatic heterocycles. The van der Waals surface area contributed by atoms with Crippen LogP contribution in [0.2, 0.25) is 0 Å². The third-order valence-electron chi connectivity index (χ3n) is 15.9. The molecule has 5 rings (SSSR count). The fraction of sp³-hybridized carbons (Fsp3) is 0.925. The molecular weight excluding hydrogens is 528 g/mol. The van der Waals surface area contributed by atoms with Gasteiger partial charge in [0.05, 0.1) is 12.2 Å². The minimum Gasteiger partial charge on any atom is -0.349 e. The van der Waals surface area contributed by atoms with Crippen LogP contribution in [-0.2, 0) is 14.3 Å². The summed E-state index contributed by atoms with van der Waals surface area (Å²) >= 11 is 0. The summed E-state index contributed by atoms with van der Waals surface area (Å²) in [5.74, 6) is 4.55. The molecule has 0 aromatic rings. The van der Waals surface area contributed by atoms with Crippen molar-refractivity contribution in [2.24, 2.45) is 68.5 Å². The van der Waals surface area contributed by atoms with Gasteiger partial charge in [0.25, 0.3) is 0 Å². The van der Waals surface area contributed by atoms with E-state index in [0.717, 1.165) is 37.0 Å². The first-order valence-electron chi connectivity index (χ1n) is 18.4. The second-order valence-electron chi connectivity index (χ2n) is 18.9. The Bertz CT molecular complexity index is 1090. The van der Waals surface area contributed by atoms with E-state index in [1.165, 1.54) is 44.1 Å². The summed E-state index contributed by atoms with van der Waals surface area (Å²) in [6.07, 6.45) is 13.0. The maximum atomic E-state index is 14.4. The first-order chi connectivity index (χ1) is 19.8. The Morgan fingerprint density at radius 2 is 1.53 bits per heavy atom. The summed E-state index contributed by atoms with van der Waals surface area (Å²) in [6.45, 7) is 31.3. The molecule has 4 aliphatic carbocycles. The van der Waals surface area contributed by atoms with Crippen molar-refractivity contribution in [1.82, 2.24) is 0 Å². The van der Waals surface area contributed by atoms with Crippen molar-refractivity contribution in [3.8, 4) is 0 Å². The quantitative estimate of drug-likeness (QED) is 0.306. The lowest BCUT2D eigenvalue weighted by Gasteiger charge is -2.64. The summed E-state index contributed by atoms with van der Waals surface area (Å²) in [5.41, 5.74) is 1.95. The van der Waals surface area contributed by atoms with Crippen molar-refractivity contribution in [2.45, 2.75) is 166 Å². The van der Waals surface area contributed by atoms with Gasteiger partial charge < -0.3 is 9.47 Å². The molecule has 6 unspecified atom stereocenters. The van der Waals surface area contributed by atoms with E-state index in [4.69, 9.17) is 9.47 Å². The Kier molecular flexibility index (Phi) is 8.81. The standard InChI is InChI=1S/C40H68O3/c1-24(14-18-36(7,8)9)25(2)31-16-20-39(12)33-22-34(41)40(13)23-30(43-35-28(5)26(3)27(4)29(6)42-35)15-19-38(40,11)32(33)17-21-37(31,39)10/h22,24-32,35H,14-21,23H2,1-13H3/t24-,25-,26?,27?,28?,29?,30+,31-,32?,35?,37-,38-,39+,40+/m1/s1. The van der Waals surface area contributed by atoms with Crippen LogP contribution in [0.4, 0.5) is 0 Å². The molecule has 0 spiro atoms. The summed E-state index contributed by atoms with van der Waals surface area (Å²) < 4.78 is 13.2. The lowest BCUT2D eigenvalue weighted by molar-refractivity contribution is -0.271. The molecule has 4 fully saturated rings. The number of allylic oxidation sites excluding steroid dienone is 2. The van der Waals surface area contributed by atoms with Crippen LogP contribution in [0.15, 0.2) is 11.6 Å². The molecular formula is C40H68O3. The van der Waals surface area contributed by atoms with Crippen molar-refractivity contribution in [1.29, 1.82) is 0 Å². The topological polar surface area (TPSA) is 35.5 Å². The molecule has 14 atom stereocenters. The molecule has 1 aliphatic heterocycles. The third kappa shape index (κ3) is 5.25. The van der Waals surface area contributed by atoms with Gasteiger partial charge in [0.1, 0.15) is 0 Å². The second-order valence-corrected chi connectivity index (χ2v) is 18.9. The van der Waals surface area contributed by atoms with E-state index in [0.29, 0.717) is 34.9 Å². The van der Waals surface area contributed by atoms with Crippen LogP contribution < -0.4 is 0 Å². The predicted octanol–water partition coefficient (Wildman–Crippen LogP) is 10.7. The van der Waals surface area contributed by atoms with Crippen molar-refractivity contribution < 1.29 is 14.3 Å². The molecule has 5 aliphatic rings. The molecule has 0 bridgehead atoms. The van der Waals surface area contributed by atoms with Gasteiger partial charge in [-0.05, 0) is 128 Å². The number of hydrogen-bond donors (Lipinski definition) is 0. The number of hydrogen-bond acceptors (Lipinski definition) is 3. The van der Waals surface area contributed by atoms with Gasteiger partial charge in [0.15, 0.2) is 12.1 Å². The predicted molar refractivity (Wildman–Crippen MR) is 179 cm³/mol. The van der Waals surface area contributed by atoms with Crippen LogP contribution in [0.3, 0.4) is 0 Å². The molecule has 0 radical (unpaired) electrons. The molecule has 0 amide bonds. The van der Waals surface area contributed by atoms with Crippen molar-refractivity contribution in [2.75, 3.05) is 0 Å². The Morgan fingerprint density at radius 3 is 2.19 bits per heavy atom. The van der Waals surface area contributed by atoms with Gasteiger partial charge in [0, 0.05) is 11.3 Å². The minimum atomic E-state index is -0.372. The smallest absolute Gasteiger partial charge is 0.162 e. The van der Waals surface area contributed by atoms with Gasteiger partial charge in [-0.15, -0.1) is 0 Å². The van der Waals surface area contributed by atoms with Crippen LogP contribution in [0.5, 0.6) is 0 Å². The molecule has 43 heavy (non-hydrogen) atoms. The zero-order valence-electron chi connectivity index (χ0n) is 30.4. The van der Waals surface area contributed by atoms with E-state index in [2.05, 4.69) is 96.1 Å². The Morgan fingerprint density at radius 1 is 0.884 bits per heavy atom. The van der Waals surface area contributed by atoms with Crippen molar-refractivity contribution in [3.63, 3.8) is 0 Å². The van der Waals surface area contributed by atoms with Crippen LogP contribution >= 0.6 is 0 Å². The third-order valence-corrected chi connectivity index (χ3v) is 15.9. The zero-order chi connectivity index (χ0) is 31.9. The van der Waals surface area contributed by atoms with E-state index in [1.54, 1.807) is 0 Å². The number of fused-ring (bicyclic) bond motifs is 5. The largest absolute Gasteiger partial charge is 0.349 e. The van der Waals surface area contributed by atoms with E-state index < -0.39 is 0 Å². The molecule has 0 aromatic carbocycles. The monoisotopic (exact) mass is 597 g/mol. The Labute approximate surface area is 266 Å². The highest BCUT2D eigenvalue weighted by Gasteiger charge is 2.67. The zero-order valence-corrected chi connectivity index (χ0v) is 30.4. The van der Waals surface area contributed by atoms with Crippen molar-refractivity contribution >= 4 is 5.78 Å². The summed E-state index contributed by atoms with van der Waals surface area (Å²) in [5, 5.41) is 0. The summed E-state index contributed by atoms with van der Waals surface area (Å²) in [6, 6.07) is 0. The molecule has 3 heteroatoms. The van der Waals surface area contributed by atoms with E-state index in [9.17, 15) is 4.79 Å². The highest BCUT2D eigenvalue weighted by Crippen LogP contribution is 2.73. The van der Waals surface area contributed by atoms with Crippen LogP contribution in [0.25, 0.3) is 0 Å². The van der Waals surface area contributed by atoms with Gasteiger partial charge in [-0.25, -0.2) is 0 Å². The van der Waals surface area contributed by atoms with Gasteiger partial charge in [-0.1, -0.05) is 88.7 Å². The number of carbonyl (C=O) groups is 1. The van der Waals surface area contributed by atoms with Gasteiger partial charge >= 0.3 is 0 Å². The van der Waals surface area contributed by atoms with Crippen LogP contribution in [0.1, 0.15) is 148 Å². The number of rotatable bonds is 6. The average Bonchev–Trinajstić information content (AvgIpc) is 3.21. The van der Waals surface area contributed by atoms with E-state index in [1.807, 2.05) is 0 Å². The highest BCUT2D eigenvalue weighted by molar-refractivity contribution is 5.97. The van der Waals surface area contributed by atoms with E-state index in [-0.39, 0.29) is 40.2 Å². The SMILES string of the molecule is CC1OC(O[C@H]2CC[C@]3(C)C4CC[C@]5(C)[C@@H]([C@H](C)[C@H](C)CCC(C)(C)C)CC[C@@]5(C)C4=CC(=O)[C@]3(C)C2)C(C)C(C)C1C. The number of ether oxygens (including phenoxy) is 2. The van der Waals surface area contributed by atoms with Gasteiger partial charge in [-0.3, -0.25) is 4.79 Å². The molecule has 1 heterocycles. The Balaban J connectivity index is 1.36. The maximum Gasteiger partial charge on any atom is 0.162 e. The maximum absolute atomic E-state index is 14.4. The van der Waals surface area contributed by atoms with Crippen molar-refractivity contribution in [3.05, 3.63) is 11.6 Å². The molecule has 3 nitrogen and oxygen atoms in total. The lowest BCUT2D eigenvalue weighted by Crippen LogP contribution is -2.60. The second kappa shape index (κ2) is 11.2. The summed E-state index contributed by atoms with van der Waals surface area (Å²) in [4.78, 5) is 14.4. The average molecular weight is 597 g/mol. The summed E-state index contributed by atoms with van der Waals surface area (Å²) in [7, 11) is 0. The molecule has 246 valence electrons. The molecule has 0 N–H and O–H groups in total. The molecule has 3 saturated carbocycles. The highest BCUT2D eigenvalue weighted by atomic mass is 16.7. The van der Waals surface area contributed by atoms with Gasteiger partial charge in [0.2, 0.25) is 0 Å². The van der Waals surface area contributed by atoms with Crippen LogP contribution in [-0.4, -0.2) is 24.3 Å². The fourth-order valence-electron chi connectivity index (χ4n) is 11.3. The van der Waals surface area contributed by atoms with Crippen LogP contribution in [0, 0.1) is 68.5 Å². The lowest BCUT2D eigenvalue weighted by atomic mass is 9.40. The normalized spacial score (nSPS) is 49.9. The first-order valence-corrected chi connectivity index (χ1v) is 18.4. The minimum absolute atomic E-state index is 0.00376. The number of carbonyl (C=O) groups excluding carboxylic acids is 1. The van der Waals surface area contributed by atoms with E-state index >= 15 is 0 Å². The first kappa shape index (κ1) is 33.7. The number of ketones is 1. The Hall–Kier alpha value is -0.670. The fourth-order valence-corrected chi connectivity index (χ4v) is 11.3. The van der Waals surface area contributed by atoms with Gasteiger partial charge in [-0.2, -0.15) is 0 Å².